The summed E-state index contributed by atoms with van der Waals surface area (Å²) in [6, 6.07) is 2.54. The lowest BCUT2D eigenvalue weighted by molar-refractivity contribution is 0.300. The molecule has 5 N–H and O–H groups in total. The largest absolute Gasteiger partial charge is 0.383 e. The Bertz CT molecular complexity index is 943. The molecule has 3 heterocycles. The van der Waals surface area contributed by atoms with Crippen molar-refractivity contribution in [2.75, 3.05) is 17.6 Å². The van der Waals surface area contributed by atoms with Crippen LogP contribution in [0.3, 0.4) is 0 Å². The number of aromatic nitrogens is 4. The van der Waals surface area contributed by atoms with Crippen molar-refractivity contribution in [1.29, 1.82) is 0 Å². The number of hydrogen-bond acceptors (Lipinski definition) is 7. The fourth-order valence-corrected chi connectivity index (χ4v) is 3.98. The fourth-order valence-electron chi connectivity index (χ4n) is 3.98. The highest BCUT2D eigenvalue weighted by Crippen LogP contribution is 2.28. The van der Waals surface area contributed by atoms with Gasteiger partial charge in [-0.3, -0.25) is 9.67 Å². The maximum Gasteiger partial charge on any atom is 0.223 e. The van der Waals surface area contributed by atoms with Crippen molar-refractivity contribution in [2.45, 2.75) is 65.5 Å². The third-order valence-corrected chi connectivity index (χ3v) is 6.50. The fraction of sp³-hybridized carbons (Fsp3) is 0.565. The zero-order valence-electron chi connectivity index (χ0n) is 19.4. The normalized spacial score (nSPS) is 21.9. The van der Waals surface area contributed by atoms with E-state index < -0.39 is 0 Å². The van der Waals surface area contributed by atoms with E-state index in [1.54, 1.807) is 17.1 Å². The van der Waals surface area contributed by atoms with Gasteiger partial charge < -0.3 is 16.8 Å². The van der Waals surface area contributed by atoms with Crippen molar-refractivity contribution in [3.8, 4) is 11.3 Å². The first-order valence-electron chi connectivity index (χ1n) is 11.1. The van der Waals surface area contributed by atoms with Crippen LogP contribution in [0.2, 0.25) is 0 Å². The van der Waals surface area contributed by atoms with Crippen LogP contribution < -0.4 is 16.8 Å². The highest BCUT2D eigenvalue weighted by Gasteiger charge is 2.24. The summed E-state index contributed by atoms with van der Waals surface area (Å²) in [5.41, 5.74) is 17.7. The summed E-state index contributed by atoms with van der Waals surface area (Å²) in [7, 11) is 1.82. The third-order valence-electron chi connectivity index (χ3n) is 6.50. The van der Waals surface area contributed by atoms with E-state index in [2.05, 4.69) is 53.1 Å². The van der Waals surface area contributed by atoms with Gasteiger partial charge in [0.2, 0.25) is 5.95 Å². The number of aryl methyl sites for hydroxylation is 1. The Morgan fingerprint density at radius 2 is 1.87 bits per heavy atom. The number of anilines is 2. The molecule has 0 spiro atoms. The summed E-state index contributed by atoms with van der Waals surface area (Å²) in [6.07, 6.45) is 8.01. The monoisotopic (exact) mass is 424 g/mol. The van der Waals surface area contributed by atoms with Crippen LogP contribution in [0, 0.1) is 5.92 Å². The highest BCUT2D eigenvalue weighted by atomic mass is 15.3. The Kier molecular flexibility index (Phi) is 7.43. The lowest BCUT2D eigenvalue weighted by Crippen LogP contribution is -2.34. The van der Waals surface area contributed by atoms with Gasteiger partial charge in [-0.05, 0) is 76.5 Å². The summed E-state index contributed by atoms with van der Waals surface area (Å²) in [6.45, 7) is 9.35. The number of aliphatic imine (C=N–C) groups is 1. The van der Waals surface area contributed by atoms with Gasteiger partial charge >= 0.3 is 0 Å². The van der Waals surface area contributed by atoms with Gasteiger partial charge in [-0.25, -0.2) is 9.97 Å². The maximum atomic E-state index is 6.02. The standard InChI is InChI=1S/C16H25N7.C7H11N/c1-10(17)11-3-5-12(6-4-11)21-16-19-8-7-14(22-16)13-9-20-23(2)15(13)18;1-5-4-8-7(3)6(5)2/h7-12H,3-6,17-18H2,1-2H3,(H,19,21,22);4H2,1-3H3. The summed E-state index contributed by atoms with van der Waals surface area (Å²) in [4.78, 5) is 13.2. The predicted octanol–water partition coefficient (Wildman–Crippen LogP) is 3.57. The lowest BCUT2D eigenvalue weighted by Gasteiger charge is -2.31. The molecule has 0 saturated heterocycles. The van der Waals surface area contributed by atoms with Crippen LogP contribution in [0.5, 0.6) is 0 Å². The zero-order chi connectivity index (χ0) is 22.5. The molecule has 1 atom stereocenters. The van der Waals surface area contributed by atoms with E-state index >= 15 is 0 Å². The molecule has 0 aromatic carbocycles. The number of nitrogens with zero attached hydrogens (tertiary/aromatic N) is 5. The van der Waals surface area contributed by atoms with Crippen LogP contribution in [0.25, 0.3) is 11.3 Å². The molecule has 31 heavy (non-hydrogen) atoms. The van der Waals surface area contributed by atoms with Gasteiger partial charge in [-0.2, -0.15) is 5.10 Å². The summed E-state index contributed by atoms with van der Waals surface area (Å²) in [5.74, 6) is 1.89. The number of nitrogens with two attached hydrogens (primary N) is 2. The molecule has 2 aromatic rings. The topological polar surface area (TPSA) is 120 Å². The quantitative estimate of drug-likeness (QED) is 0.690. The molecule has 0 amide bonds. The SMILES string of the molecule is CC(N)C1CCC(Nc2nccc(-c3cnn(C)c3N)n2)CC1.CC1=NCC(C)=C1C. The first-order chi connectivity index (χ1) is 14.8. The second-order valence-electron chi connectivity index (χ2n) is 8.75. The van der Waals surface area contributed by atoms with Crippen LogP contribution in [0.15, 0.2) is 34.6 Å². The Labute approximate surface area is 185 Å². The molecule has 0 radical (unpaired) electrons. The van der Waals surface area contributed by atoms with E-state index in [9.17, 15) is 0 Å². The second-order valence-corrected chi connectivity index (χ2v) is 8.75. The average molecular weight is 425 g/mol. The van der Waals surface area contributed by atoms with Crippen molar-refractivity contribution >= 4 is 17.5 Å². The summed E-state index contributed by atoms with van der Waals surface area (Å²) in [5, 5.41) is 7.61. The van der Waals surface area contributed by atoms with Gasteiger partial charge in [0.25, 0.3) is 0 Å². The molecular weight excluding hydrogens is 388 g/mol. The van der Waals surface area contributed by atoms with E-state index in [1.165, 1.54) is 16.9 Å². The molecule has 1 unspecified atom stereocenters. The van der Waals surface area contributed by atoms with Gasteiger partial charge in [-0.1, -0.05) is 0 Å². The Hall–Kier alpha value is -2.74. The molecule has 168 valence electrons. The van der Waals surface area contributed by atoms with Crippen molar-refractivity contribution in [3.05, 3.63) is 29.6 Å². The van der Waals surface area contributed by atoms with Crippen LogP contribution in [-0.2, 0) is 7.05 Å². The van der Waals surface area contributed by atoms with E-state index in [0.717, 1.165) is 43.5 Å². The van der Waals surface area contributed by atoms with E-state index in [4.69, 9.17) is 11.5 Å². The van der Waals surface area contributed by atoms with Gasteiger partial charge in [0.05, 0.1) is 24.0 Å². The molecule has 1 aliphatic heterocycles. The van der Waals surface area contributed by atoms with Crippen molar-refractivity contribution < 1.29 is 0 Å². The maximum absolute atomic E-state index is 6.02. The number of allylic oxidation sites excluding steroid dienone is 1. The van der Waals surface area contributed by atoms with Crippen molar-refractivity contribution in [2.24, 2.45) is 23.7 Å². The third kappa shape index (κ3) is 5.70. The number of rotatable bonds is 4. The van der Waals surface area contributed by atoms with Crippen LogP contribution in [0.4, 0.5) is 11.8 Å². The van der Waals surface area contributed by atoms with E-state index in [-0.39, 0.29) is 6.04 Å². The lowest BCUT2D eigenvalue weighted by atomic mass is 9.82. The first-order valence-corrected chi connectivity index (χ1v) is 11.1. The molecule has 1 fully saturated rings. The highest BCUT2D eigenvalue weighted by molar-refractivity contribution is 6.00. The predicted molar refractivity (Wildman–Crippen MR) is 128 cm³/mol. The number of hydrogen-bond donors (Lipinski definition) is 3. The van der Waals surface area contributed by atoms with E-state index in [1.807, 2.05) is 13.1 Å². The van der Waals surface area contributed by atoms with Gasteiger partial charge in [0.15, 0.2) is 0 Å². The van der Waals surface area contributed by atoms with Gasteiger partial charge in [0, 0.05) is 31.0 Å². The second kappa shape index (κ2) is 10.0. The Morgan fingerprint density at radius 1 is 1.16 bits per heavy atom. The summed E-state index contributed by atoms with van der Waals surface area (Å²) >= 11 is 0. The van der Waals surface area contributed by atoms with Crippen LogP contribution >= 0.6 is 0 Å². The first kappa shape index (κ1) is 22.9. The van der Waals surface area contributed by atoms with Gasteiger partial charge in [0.1, 0.15) is 5.82 Å². The molecule has 2 aromatic heterocycles. The van der Waals surface area contributed by atoms with Gasteiger partial charge in [-0.15, -0.1) is 0 Å². The molecule has 4 rings (SSSR count). The molecule has 8 nitrogen and oxygen atoms in total. The van der Waals surface area contributed by atoms with Crippen molar-refractivity contribution in [1.82, 2.24) is 19.7 Å². The minimum absolute atomic E-state index is 0.282. The number of nitrogens with one attached hydrogen (secondary N) is 1. The Balaban J connectivity index is 0.000000287. The minimum Gasteiger partial charge on any atom is -0.383 e. The molecule has 1 aliphatic carbocycles. The summed E-state index contributed by atoms with van der Waals surface area (Å²) < 4.78 is 1.64. The zero-order valence-corrected chi connectivity index (χ0v) is 19.4. The molecule has 2 aliphatic rings. The molecular formula is C23H36N8. The molecule has 0 bridgehead atoms. The molecule has 8 heteroatoms. The van der Waals surface area contributed by atoms with Crippen LogP contribution in [0.1, 0.15) is 53.4 Å². The minimum atomic E-state index is 0.282. The van der Waals surface area contributed by atoms with E-state index in [0.29, 0.717) is 23.7 Å². The smallest absolute Gasteiger partial charge is 0.223 e. The van der Waals surface area contributed by atoms with Crippen LogP contribution in [-0.4, -0.2) is 44.1 Å². The molecule has 1 saturated carbocycles. The van der Waals surface area contributed by atoms with Crippen molar-refractivity contribution in [3.63, 3.8) is 0 Å². The average Bonchev–Trinajstić information content (AvgIpc) is 3.25. The number of nitrogen functional groups attached to an aromatic ring is 1. The Morgan fingerprint density at radius 3 is 2.35 bits per heavy atom.